The summed E-state index contributed by atoms with van der Waals surface area (Å²) in [5, 5.41) is 45.2. The van der Waals surface area contributed by atoms with Crippen LogP contribution in [0.25, 0.3) is 0 Å². The number of carboxylic acid groups (broad SMARTS) is 5. The van der Waals surface area contributed by atoms with E-state index in [2.05, 4.69) is 15.9 Å². The third-order valence-corrected chi connectivity index (χ3v) is 9.55. The second-order valence-corrected chi connectivity index (χ2v) is 16.6. The van der Waals surface area contributed by atoms with Crippen LogP contribution in [0.5, 0.6) is 28.7 Å². The maximum atomic E-state index is 12.4. The summed E-state index contributed by atoms with van der Waals surface area (Å²) in [6.45, 7) is 9.89. The second kappa shape index (κ2) is 32.5. The molecule has 0 aliphatic carbocycles. The molecule has 5 aromatic rings. The molecule has 0 saturated heterocycles. The number of aliphatic carboxylic acids is 5. The van der Waals surface area contributed by atoms with Crippen molar-refractivity contribution in [2.24, 2.45) is 5.92 Å². The van der Waals surface area contributed by atoms with Gasteiger partial charge in [-0.2, -0.15) is 0 Å². The minimum Gasteiger partial charge on any atom is -0.479 e. The van der Waals surface area contributed by atoms with E-state index in [0.717, 1.165) is 10.9 Å². The standard InChI is InChI=1S/2C11H13ClO3.C9H9BrO3.C9H9ClO3.C9H9FO3/c1-7(2)10(11(13)14)15-9-5-3-8(12)4-6-9;1-2-3-10(11(13)14)15-9-6-4-8(12)5-7-9;3*1-6(9(11)12)13-8-4-2-7(10)3-5-8/h3-7,10H,1-2H3,(H,13,14);4-7,10H,2-3H2,1H3,(H,13,14);3*2-6H,1H3,(H,11,12)/t;;;6-;/m...0./s1. The predicted octanol–water partition coefficient (Wildman–Crippen LogP) is 12.0. The Bertz CT molecular complexity index is 2150. The van der Waals surface area contributed by atoms with Gasteiger partial charge in [0.25, 0.3) is 0 Å². The fourth-order valence-electron chi connectivity index (χ4n) is 4.61. The Morgan fingerprint density at radius 1 is 0.464 bits per heavy atom. The quantitative estimate of drug-likeness (QED) is 0.0549. The van der Waals surface area contributed by atoms with Gasteiger partial charge in [-0.15, -0.1) is 0 Å². The van der Waals surface area contributed by atoms with Crippen molar-refractivity contribution in [2.45, 2.75) is 84.9 Å². The van der Waals surface area contributed by atoms with Crippen LogP contribution in [0, 0.1) is 11.7 Å². The van der Waals surface area contributed by atoms with Gasteiger partial charge < -0.3 is 49.2 Å². The maximum Gasteiger partial charge on any atom is 0.345 e. The van der Waals surface area contributed by atoms with Gasteiger partial charge >= 0.3 is 29.8 Å². The molecule has 69 heavy (non-hydrogen) atoms. The highest BCUT2D eigenvalue weighted by Crippen LogP contribution is 2.21. The van der Waals surface area contributed by atoms with Crippen LogP contribution in [0.2, 0.25) is 15.1 Å². The van der Waals surface area contributed by atoms with Crippen molar-refractivity contribution in [3.63, 3.8) is 0 Å². The van der Waals surface area contributed by atoms with E-state index < -0.39 is 60.4 Å². The fraction of sp³-hybridized carbons (Fsp3) is 0.286. The van der Waals surface area contributed by atoms with Crippen molar-refractivity contribution in [1.82, 2.24) is 0 Å². The van der Waals surface area contributed by atoms with Crippen LogP contribution >= 0.6 is 50.7 Å². The lowest BCUT2D eigenvalue weighted by Gasteiger charge is -2.18. The molecule has 20 heteroatoms. The lowest BCUT2D eigenvalue weighted by molar-refractivity contribution is -0.147. The minimum atomic E-state index is -1.05. The number of benzene rings is 5. The summed E-state index contributed by atoms with van der Waals surface area (Å²) in [5.74, 6) is -2.93. The van der Waals surface area contributed by atoms with E-state index in [4.69, 9.17) is 84.0 Å². The smallest absolute Gasteiger partial charge is 0.345 e. The first-order valence-corrected chi connectivity index (χ1v) is 22.6. The molecule has 15 nitrogen and oxygen atoms in total. The van der Waals surface area contributed by atoms with Crippen LogP contribution in [0.4, 0.5) is 4.39 Å². The summed E-state index contributed by atoms with van der Waals surface area (Å²) in [6, 6.07) is 32.0. The summed E-state index contributed by atoms with van der Waals surface area (Å²) in [6.07, 6.45) is -2.93. The molecular weight excluding hydrogens is 1030 g/mol. The SMILES string of the molecule is CC(C)C(Oc1ccc(Cl)cc1)C(=O)O.CC(Oc1ccc(Br)cc1)C(=O)O.CC(Oc1ccc(F)cc1)C(=O)O.CCCC(Oc1ccc(Cl)cc1)C(=O)O.C[C@H](Oc1ccc(Cl)cc1)C(=O)O. The molecule has 5 N–H and O–H groups in total. The van der Waals surface area contributed by atoms with Gasteiger partial charge in [-0.05, 0) is 149 Å². The molecule has 0 fully saturated rings. The Hall–Kier alpha value is -6.27. The van der Waals surface area contributed by atoms with E-state index in [9.17, 15) is 28.4 Å². The molecule has 5 aromatic carbocycles. The summed E-state index contributed by atoms with van der Waals surface area (Å²) in [5.41, 5.74) is 0. The van der Waals surface area contributed by atoms with Gasteiger partial charge in [-0.25, -0.2) is 28.4 Å². The van der Waals surface area contributed by atoms with Crippen molar-refractivity contribution < 1.29 is 77.6 Å². The first-order valence-electron chi connectivity index (χ1n) is 20.7. The van der Waals surface area contributed by atoms with Crippen molar-refractivity contribution in [2.75, 3.05) is 0 Å². The zero-order valence-electron chi connectivity index (χ0n) is 38.1. The molecule has 0 radical (unpaired) electrons. The Morgan fingerprint density at radius 2 is 0.754 bits per heavy atom. The van der Waals surface area contributed by atoms with Gasteiger partial charge in [0.2, 0.25) is 0 Å². The number of carboxylic acids is 5. The van der Waals surface area contributed by atoms with Gasteiger partial charge in [0.1, 0.15) is 34.6 Å². The Morgan fingerprint density at radius 3 is 1.03 bits per heavy atom. The van der Waals surface area contributed by atoms with Gasteiger partial charge in [0, 0.05) is 25.5 Å². The summed E-state index contributed by atoms with van der Waals surface area (Å²) >= 11 is 20.3. The van der Waals surface area contributed by atoms with E-state index in [-0.39, 0.29) is 11.7 Å². The van der Waals surface area contributed by atoms with Gasteiger partial charge in [-0.1, -0.05) is 77.9 Å². The zero-order valence-corrected chi connectivity index (χ0v) is 42.0. The molecule has 0 bridgehead atoms. The van der Waals surface area contributed by atoms with Crippen LogP contribution < -0.4 is 23.7 Å². The third kappa shape index (κ3) is 26.8. The fourth-order valence-corrected chi connectivity index (χ4v) is 5.25. The van der Waals surface area contributed by atoms with Crippen LogP contribution in [-0.4, -0.2) is 85.9 Å². The van der Waals surface area contributed by atoms with Gasteiger partial charge in [0.15, 0.2) is 30.5 Å². The topological polar surface area (TPSA) is 233 Å². The minimum absolute atomic E-state index is 0.0850. The number of ether oxygens (including phenoxy) is 5. The van der Waals surface area contributed by atoms with Crippen LogP contribution in [0.3, 0.4) is 0 Å². The molecule has 0 heterocycles. The van der Waals surface area contributed by atoms with Crippen LogP contribution in [0.1, 0.15) is 54.4 Å². The Balaban J connectivity index is 0.000000432. The van der Waals surface area contributed by atoms with E-state index in [0.29, 0.717) is 50.2 Å². The molecule has 374 valence electrons. The summed E-state index contributed by atoms with van der Waals surface area (Å²) in [4.78, 5) is 52.9. The van der Waals surface area contributed by atoms with Crippen molar-refractivity contribution in [3.8, 4) is 28.7 Å². The molecule has 0 aromatic heterocycles. The van der Waals surface area contributed by atoms with E-state index in [1.165, 1.54) is 45.0 Å². The average Bonchev–Trinajstić information content (AvgIpc) is 3.29. The molecule has 0 amide bonds. The highest BCUT2D eigenvalue weighted by atomic mass is 79.9. The largest absolute Gasteiger partial charge is 0.479 e. The molecule has 0 aliphatic heterocycles. The van der Waals surface area contributed by atoms with Crippen LogP contribution in [0.15, 0.2) is 126 Å². The van der Waals surface area contributed by atoms with Crippen LogP contribution in [-0.2, 0) is 24.0 Å². The maximum absolute atomic E-state index is 12.4. The number of hydrogen-bond donors (Lipinski definition) is 5. The summed E-state index contributed by atoms with van der Waals surface area (Å²) < 4.78 is 39.1. The first kappa shape index (κ1) is 60.7. The van der Waals surface area contributed by atoms with Crippen molar-refractivity contribution >= 4 is 80.6 Å². The monoisotopic (exact) mass is 1080 g/mol. The van der Waals surface area contributed by atoms with E-state index in [1.54, 1.807) is 111 Å². The first-order chi connectivity index (χ1) is 32.4. The molecule has 5 rings (SSSR count). The Labute approximate surface area is 422 Å². The molecule has 0 aliphatic rings. The second-order valence-electron chi connectivity index (χ2n) is 14.4. The zero-order chi connectivity index (χ0) is 52.2. The average molecular weight is 1090 g/mol. The molecule has 5 atom stereocenters. The van der Waals surface area contributed by atoms with Crippen molar-refractivity contribution in [1.29, 1.82) is 0 Å². The Kier molecular flexibility index (Phi) is 28.6. The molecule has 0 spiro atoms. The van der Waals surface area contributed by atoms with Crippen molar-refractivity contribution in [3.05, 3.63) is 147 Å². The normalized spacial score (nSPS) is 12.2. The number of rotatable bonds is 18. The third-order valence-electron chi connectivity index (χ3n) is 8.27. The van der Waals surface area contributed by atoms with Gasteiger partial charge in [-0.3, -0.25) is 0 Å². The number of hydrogen-bond acceptors (Lipinski definition) is 10. The summed E-state index contributed by atoms with van der Waals surface area (Å²) in [7, 11) is 0. The lowest BCUT2D eigenvalue weighted by atomic mass is 10.1. The van der Waals surface area contributed by atoms with Gasteiger partial charge in [0.05, 0.1) is 0 Å². The number of carbonyl (C=O) groups is 5. The highest BCUT2D eigenvalue weighted by Gasteiger charge is 2.23. The molecular formula is C49H53BrCl3FO15. The van der Waals surface area contributed by atoms with E-state index in [1.807, 2.05) is 6.92 Å². The predicted molar refractivity (Wildman–Crippen MR) is 262 cm³/mol. The van der Waals surface area contributed by atoms with E-state index >= 15 is 0 Å². The highest BCUT2D eigenvalue weighted by molar-refractivity contribution is 9.10. The molecule has 4 unspecified atom stereocenters. The molecule has 0 saturated carbocycles. The number of halogens is 5. The lowest BCUT2D eigenvalue weighted by Crippen LogP contribution is -2.32.